The van der Waals surface area contributed by atoms with Gasteiger partial charge in [-0.1, -0.05) is 146 Å². The summed E-state index contributed by atoms with van der Waals surface area (Å²) in [5.74, 6) is 0.624. The molecule has 0 aliphatic heterocycles. The maximum atomic E-state index is 6.56. The van der Waals surface area contributed by atoms with Crippen LogP contribution in [0, 0.1) is 0 Å². The van der Waals surface area contributed by atoms with Gasteiger partial charge in [0, 0.05) is 38.8 Å². The summed E-state index contributed by atoms with van der Waals surface area (Å²) in [6, 6.07) is 77.2. The lowest BCUT2D eigenvalue weighted by molar-refractivity contribution is 0.623. The molecule has 12 aromatic rings. The Kier molecular flexibility index (Phi) is 8.13. The Bertz CT molecular complexity index is 3590. The number of para-hydroxylation sites is 1. The fraction of sp³-hybridized carbons (Fsp3) is 0. The highest BCUT2D eigenvalue weighted by Gasteiger charge is 2.19. The van der Waals surface area contributed by atoms with Crippen LogP contribution in [0.4, 0.5) is 17.1 Å². The second-order valence-corrected chi connectivity index (χ2v) is 15.5. The molecule has 0 spiro atoms. The molecule has 0 bridgehead atoms. The van der Waals surface area contributed by atoms with E-state index in [9.17, 15) is 0 Å². The highest BCUT2D eigenvalue weighted by atomic mass is 16.3. The van der Waals surface area contributed by atoms with Crippen molar-refractivity contribution in [1.29, 1.82) is 0 Å². The van der Waals surface area contributed by atoms with Gasteiger partial charge in [0.25, 0.3) is 0 Å². The van der Waals surface area contributed by atoms with Gasteiger partial charge in [0.1, 0.15) is 16.7 Å². The number of benzene rings is 10. The number of fused-ring (bicyclic) bond motifs is 8. The van der Waals surface area contributed by atoms with E-state index in [0.29, 0.717) is 5.89 Å². The van der Waals surface area contributed by atoms with Crippen molar-refractivity contribution in [3.63, 3.8) is 0 Å². The van der Waals surface area contributed by atoms with E-state index in [1.807, 2.05) is 42.5 Å². The molecule has 0 aliphatic carbocycles. The monoisotopic (exact) mass is 780 g/mol. The third-order valence-electron chi connectivity index (χ3n) is 11.9. The summed E-state index contributed by atoms with van der Waals surface area (Å²) in [5.41, 5.74) is 14.5. The third kappa shape index (κ3) is 6.04. The minimum absolute atomic E-state index is 0.624. The van der Waals surface area contributed by atoms with E-state index in [2.05, 4.69) is 181 Å². The van der Waals surface area contributed by atoms with Crippen molar-refractivity contribution in [2.45, 2.75) is 0 Å². The average Bonchev–Trinajstić information content (AvgIpc) is 3.94. The van der Waals surface area contributed by atoms with Gasteiger partial charge >= 0.3 is 0 Å². The van der Waals surface area contributed by atoms with E-state index >= 15 is 0 Å². The van der Waals surface area contributed by atoms with Crippen LogP contribution >= 0.6 is 0 Å². The van der Waals surface area contributed by atoms with Gasteiger partial charge in [-0.15, -0.1) is 0 Å². The Labute approximate surface area is 352 Å². The van der Waals surface area contributed by atoms with Crippen molar-refractivity contribution < 1.29 is 8.83 Å². The smallest absolute Gasteiger partial charge is 0.227 e. The topological polar surface area (TPSA) is 42.4 Å². The number of oxazole rings is 1. The normalized spacial score (nSPS) is 11.6. The van der Waals surface area contributed by atoms with E-state index in [1.54, 1.807) is 0 Å². The molecule has 0 radical (unpaired) electrons. The van der Waals surface area contributed by atoms with Crippen molar-refractivity contribution >= 4 is 71.6 Å². The Morgan fingerprint density at radius 3 is 1.75 bits per heavy atom. The first-order chi connectivity index (χ1) is 30.2. The van der Waals surface area contributed by atoms with Gasteiger partial charge < -0.3 is 13.7 Å². The zero-order valence-electron chi connectivity index (χ0n) is 33.0. The fourth-order valence-corrected chi connectivity index (χ4v) is 8.92. The molecule has 4 heteroatoms. The lowest BCUT2D eigenvalue weighted by Gasteiger charge is -2.26. The summed E-state index contributed by atoms with van der Waals surface area (Å²) in [4.78, 5) is 7.25. The van der Waals surface area contributed by atoms with E-state index < -0.39 is 0 Å². The van der Waals surface area contributed by atoms with Crippen molar-refractivity contribution in [2.24, 2.45) is 0 Å². The number of nitrogens with zero attached hydrogens (tertiary/aromatic N) is 2. The molecule has 4 nitrogen and oxygen atoms in total. The Morgan fingerprint density at radius 2 is 0.934 bits per heavy atom. The van der Waals surface area contributed by atoms with Gasteiger partial charge in [-0.2, -0.15) is 0 Å². The molecule has 0 atom stereocenters. The van der Waals surface area contributed by atoms with E-state index in [4.69, 9.17) is 13.8 Å². The predicted octanol–water partition coefficient (Wildman–Crippen LogP) is 16.2. The number of hydrogen-bond acceptors (Lipinski definition) is 4. The maximum Gasteiger partial charge on any atom is 0.227 e. The molecular weight excluding hydrogens is 745 g/mol. The molecule has 0 aliphatic rings. The van der Waals surface area contributed by atoms with Crippen molar-refractivity contribution in [1.82, 2.24) is 4.98 Å². The van der Waals surface area contributed by atoms with Gasteiger partial charge in [0.2, 0.25) is 5.89 Å². The average molecular weight is 781 g/mol. The quantitative estimate of drug-likeness (QED) is 0.151. The number of anilines is 3. The summed E-state index contributed by atoms with van der Waals surface area (Å²) < 4.78 is 12.8. The summed E-state index contributed by atoms with van der Waals surface area (Å²) in [6.07, 6.45) is 0. The standard InChI is InChI=1S/C57H36N2O2/c1-3-12-37(13-4-1)47-18-7-8-19-48(47)38-26-29-44(30-27-38)59(46-31-33-54-51(36-46)49-20-9-10-21-53(49)60-54)45-17-11-16-42(34-45)43-25-23-39-22-24-40-28-32-52-56(55(40)50(39)35-43)61-57(58-52)41-14-5-2-6-15-41/h1-36H. The zero-order chi connectivity index (χ0) is 40.3. The highest BCUT2D eigenvalue weighted by Crippen LogP contribution is 2.42. The molecule has 0 unspecified atom stereocenters. The Hall–Kier alpha value is -8.21. The van der Waals surface area contributed by atoms with Gasteiger partial charge in [0.05, 0.1) is 0 Å². The molecule has 286 valence electrons. The fourth-order valence-electron chi connectivity index (χ4n) is 8.92. The van der Waals surface area contributed by atoms with Crippen LogP contribution in [0.25, 0.3) is 99.4 Å². The first-order valence-electron chi connectivity index (χ1n) is 20.6. The van der Waals surface area contributed by atoms with Gasteiger partial charge in [0.15, 0.2) is 5.58 Å². The van der Waals surface area contributed by atoms with Crippen LogP contribution in [0.2, 0.25) is 0 Å². The third-order valence-corrected chi connectivity index (χ3v) is 11.9. The van der Waals surface area contributed by atoms with Gasteiger partial charge in [-0.3, -0.25) is 0 Å². The predicted molar refractivity (Wildman–Crippen MR) is 253 cm³/mol. The van der Waals surface area contributed by atoms with Gasteiger partial charge in [-0.05, 0) is 122 Å². The van der Waals surface area contributed by atoms with Crippen LogP contribution in [0.3, 0.4) is 0 Å². The minimum Gasteiger partial charge on any atom is -0.456 e. The summed E-state index contributed by atoms with van der Waals surface area (Å²) in [6.45, 7) is 0. The lowest BCUT2D eigenvalue weighted by atomic mass is 9.94. The molecule has 61 heavy (non-hydrogen) atoms. The lowest BCUT2D eigenvalue weighted by Crippen LogP contribution is -2.10. The molecule has 0 saturated carbocycles. The SMILES string of the molecule is c1ccc(-c2nc3ccc4ccc5ccc(-c6cccc(N(c7ccc(-c8ccccc8-c8ccccc8)cc7)c7ccc8oc9ccccc9c8c7)c6)cc5c4c3o2)cc1. The molecule has 0 fully saturated rings. The number of hydrogen-bond donors (Lipinski definition) is 0. The van der Waals surface area contributed by atoms with Gasteiger partial charge in [-0.25, -0.2) is 4.98 Å². The van der Waals surface area contributed by atoms with Crippen LogP contribution in [-0.4, -0.2) is 4.98 Å². The molecule has 12 rings (SSSR count). The van der Waals surface area contributed by atoms with Crippen LogP contribution in [0.5, 0.6) is 0 Å². The van der Waals surface area contributed by atoms with Crippen LogP contribution in [0.15, 0.2) is 227 Å². The number of furan rings is 1. The van der Waals surface area contributed by atoms with Crippen molar-refractivity contribution in [2.75, 3.05) is 4.90 Å². The summed E-state index contributed by atoms with van der Waals surface area (Å²) in [5, 5.41) is 6.64. The first-order valence-corrected chi connectivity index (χ1v) is 20.6. The number of rotatable bonds is 7. The summed E-state index contributed by atoms with van der Waals surface area (Å²) in [7, 11) is 0. The molecule has 0 amide bonds. The van der Waals surface area contributed by atoms with E-state index in [-0.39, 0.29) is 0 Å². The van der Waals surface area contributed by atoms with Crippen LogP contribution in [-0.2, 0) is 0 Å². The highest BCUT2D eigenvalue weighted by molar-refractivity contribution is 6.18. The second kappa shape index (κ2) is 14.3. The van der Waals surface area contributed by atoms with Crippen molar-refractivity contribution in [3.05, 3.63) is 218 Å². The molecule has 2 aromatic heterocycles. The van der Waals surface area contributed by atoms with Crippen LogP contribution in [0.1, 0.15) is 0 Å². The van der Waals surface area contributed by atoms with E-state index in [1.165, 1.54) is 16.7 Å². The van der Waals surface area contributed by atoms with Crippen LogP contribution < -0.4 is 4.90 Å². The first kappa shape index (κ1) is 34.8. The molecule has 0 saturated heterocycles. The molecular formula is C57H36N2O2. The van der Waals surface area contributed by atoms with E-state index in [0.717, 1.165) is 93.9 Å². The Morgan fingerprint density at radius 1 is 0.344 bits per heavy atom. The largest absolute Gasteiger partial charge is 0.456 e. The zero-order valence-corrected chi connectivity index (χ0v) is 33.0. The minimum atomic E-state index is 0.624. The second-order valence-electron chi connectivity index (χ2n) is 15.5. The summed E-state index contributed by atoms with van der Waals surface area (Å²) >= 11 is 0. The van der Waals surface area contributed by atoms with Crippen molar-refractivity contribution in [3.8, 4) is 44.8 Å². The number of aromatic nitrogens is 1. The molecule has 10 aromatic carbocycles. The Balaban J connectivity index is 0.996. The molecule has 0 N–H and O–H groups in total. The molecule has 2 heterocycles. The maximum absolute atomic E-state index is 6.56.